The highest BCUT2D eigenvalue weighted by Crippen LogP contribution is 2.00. The topological polar surface area (TPSA) is 234 Å². The van der Waals surface area contributed by atoms with Crippen LogP contribution in [0.4, 0.5) is 0 Å². The van der Waals surface area contributed by atoms with Crippen LogP contribution in [0.15, 0.2) is 0 Å². The van der Waals surface area contributed by atoms with E-state index in [0.29, 0.717) is 0 Å². The van der Waals surface area contributed by atoms with E-state index in [2.05, 4.69) is 10.6 Å². The number of carboxylic acid groups (broad SMARTS) is 1. The van der Waals surface area contributed by atoms with Gasteiger partial charge < -0.3 is 42.7 Å². The number of hydrogen-bond acceptors (Lipinski definition) is 8. The number of carbonyl (C=O) groups excluding carboxylic acids is 4. The second kappa shape index (κ2) is 11.2. The fourth-order valence-corrected chi connectivity index (χ4v) is 2.01. The smallest absolute Gasteiger partial charge is 0.328 e. The highest BCUT2D eigenvalue weighted by atomic mass is 16.4. The van der Waals surface area contributed by atoms with Gasteiger partial charge in [-0.25, -0.2) is 4.79 Å². The largest absolute Gasteiger partial charge is 0.480 e. The Bertz CT molecular complexity index is 609. The molecule has 0 aliphatic heterocycles. The number of carbonyl (C=O) groups is 5. The Kier molecular flexibility index (Phi) is 10.1. The third kappa shape index (κ3) is 8.28. The van der Waals surface area contributed by atoms with Crippen molar-refractivity contribution in [3.8, 4) is 0 Å². The van der Waals surface area contributed by atoms with E-state index in [0.717, 1.165) is 6.92 Å². The molecule has 0 aromatic carbocycles. The molecular formula is C15H27N5O8. The first-order chi connectivity index (χ1) is 12.8. The van der Waals surface area contributed by atoms with E-state index < -0.39 is 72.4 Å². The van der Waals surface area contributed by atoms with Gasteiger partial charge in [-0.15, -0.1) is 0 Å². The van der Waals surface area contributed by atoms with Crippen LogP contribution in [0, 0.1) is 0 Å². The number of hydrogen-bond donors (Lipinski definition) is 8. The van der Waals surface area contributed by atoms with Crippen LogP contribution in [0.25, 0.3) is 0 Å². The van der Waals surface area contributed by atoms with Crippen LogP contribution in [0.5, 0.6) is 0 Å². The van der Waals surface area contributed by atoms with Crippen molar-refractivity contribution in [1.29, 1.82) is 0 Å². The first-order valence-electron chi connectivity index (χ1n) is 8.31. The molecule has 0 aromatic heterocycles. The average Bonchev–Trinajstić information content (AvgIpc) is 2.55. The number of nitrogens with one attached hydrogen (secondary N) is 3. The van der Waals surface area contributed by atoms with Gasteiger partial charge in [0.1, 0.15) is 12.1 Å². The van der Waals surface area contributed by atoms with Crippen molar-refractivity contribution in [3.05, 3.63) is 0 Å². The summed E-state index contributed by atoms with van der Waals surface area (Å²) >= 11 is 0. The number of nitrogens with two attached hydrogens (primary N) is 2. The van der Waals surface area contributed by atoms with Crippen molar-refractivity contribution in [2.75, 3.05) is 0 Å². The first-order valence-corrected chi connectivity index (χ1v) is 8.31. The maximum Gasteiger partial charge on any atom is 0.328 e. The summed E-state index contributed by atoms with van der Waals surface area (Å²) in [5, 5.41) is 34.5. The van der Waals surface area contributed by atoms with E-state index in [9.17, 15) is 34.2 Å². The van der Waals surface area contributed by atoms with Crippen molar-refractivity contribution in [1.82, 2.24) is 16.0 Å². The summed E-state index contributed by atoms with van der Waals surface area (Å²) in [5.41, 5.74) is 10.4. The van der Waals surface area contributed by atoms with Gasteiger partial charge in [-0.2, -0.15) is 0 Å². The van der Waals surface area contributed by atoms with Crippen LogP contribution in [0.1, 0.15) is 27.2 Å². The third-order valence-corrected chi connectivity index (χ3v) is 3.62. The zero-order valence-corrected chi connectivity index (χ0v) is 15.7. The fraction of sp³-hybridized carbons (Fsp3) is 0.667. The Balaban J connectivity index is 5.01. The predicted octanol–water partition coefficient (Wildman–Crippen LogP) is -4.49. The van der Waals surface area contributed by atoms with E-state index >= 15 is 0 Å². The van der Waals surface area contributed by atoms with E-state index in [4.69, 9.17) is 16.6 Å². The second-order valence-electron chi connectivity index (χ2n) is 6.30. The van der Waals surface area contributed by atoms with Crippen LogP contribution < -0.4 is 27.4 Å². The average molecular weight is 405 g/mol. The SMILES string of the molecule is CC(NC(=O)C(N)CC(N)=O)C(=O)NC(C(=O)NC(C(=O)O)C(C)O)C(C)O. The van der Waals surface area contributed by atoms with E-state index in [-0.39, 0.29) is 0 Å². The summed E-state index contributed by atoms with van der Waals surface area (Å²) in [6.45, 7) is 3.58. The van der Waals surface area contributed by atoms with Gasteiger partial charge in [-0.1, -0.05) is 0 Å². The number of amides is 4. The van der Waals surface area contributed by atoms with Crippen molar-refractivity contribution < 1.29 is 39.3 Å². The highest BCUT2D eigenvalue weighted by Gasteiger charge is 2.33. The standard InChI is InChI=1S/C15H27N5O8/c1-5(18-13(25)8(16)4-9(17)23)12(24)19-10(6(2)21)14(26)20-11(7(3)22)15(27)28/h5-8,10-11,21-22H,4,16H2,1-3H3,(H2,17,23)(H,18,25)(H,19,24)(H,20,26)(H,27,28). The third-order valence-electron chi connectivity index (χ3n) is 3.62. The predicted molar refractivity (Wildman–Crippen MR) is 94.3 cm³/mol. The maximum atomic E-state index is 12.2. The molecule has 13 heteroatoms. The van der Waals surface area contributed by atoms with Gasteiger partial charge >= 0.3 is 5.97 Å². The minimum Gasteiger partial charge on any atom is -0.480 e. The summed E-state index contributed by atoms with van der Waals surface area (Å²) in [4.78, 5) is 58.0. The van der Waals surface area contributed by atoms with Crippen LogP contribution >= 0.6 is 0 Å². The molecule has 0 radical (unpaired) electrons. The van der Waals surface area contributed by atoms with E-state index in [1.165, 1.54) is 13.8 Å². The summed E-state index contributed by atoms with van der Waals surface area (Å²) in [5.74, 6) is -5.09. The molecule has 0 saturated heterocycles. The summed E-state index contributed by atoms with van der Waals surface area (Å²) in [6.07, 6.45) is -3.29. The molecule has 10 N–H and O–H groups in total. The first kappa shape index (κ1) is 25.2. The van der Waals surface area contributed by atoms with Gasteiger partial charge in [0.05, 0.1) is 24.7 Å². The van der Waals surface area contributed by atoms with E-state index in [1.54, 1.807) is 0 Å². The molecule has 0 saturated carbocycles. The number of aliphatic hydroxyl groups excluding tert-OH is 2. The zero-order chi connectivity index (χ0) is 22.2. The van der Waals surface area contributed by atoms with Crippen molar-refractivity contribution >= 4 is 29.6 Å². The maximum absolute atomic E-state index is 12.2. The Morgan fingerprint density at radius 3 is 1.68 bits per heavy atom. The summed E-state index contributed by atoms with van der Waals surface area (Å²) < 4.78 is 0. The molecule has 0 spiro atoms. The number of aliphatic hydroxyl groups is 2. The quantitative estimate of drug-likeness (QED) is 0.165. The van der Waals surface area contributed by atoms with Gasteiger partial charge in [0.2, 0.25) is 23.6 Å². The molecule has 0 rings (SSSR count). The minimum absolute atomic E-state index is 0.436. The van der Waals surface area contributed by atoms with Crippen LogP contribution in [0.3, 0.4) is 0 Å². The van der Waals surface area contributed by atoms with Crippen LogP contribution in [-0.4, -0.2) is 81.3 Å². The Morgan fingerprint density at radius 2 is 1.29 bits per heavy atom. The molecule has 0 aromatic rings. The van der Waals surface area contributed by atoms with Gasteiger partial charge in [0.25, 0.3) is 0 Å². The molecule has 0 heterocycles. The lowest BCUT2D eigenvalue weighted by atomic mass is 10.1. The lowest BCUT2D eigenvalue weighted by molar-refractivity contribution is -0.146. The van der Waals surface area contributed by atoms with Crippen LogP contribution in [-0.2, 0) is 24.0 Å². The molecule has 6 unspecified atom stereocenters. The highest BCUT2D eigenvalue weighted by molar-refractivity contribution is 5.95. The van der Waals surface area contributed by atoms with Crippen LogP contribution in [0.2, 0.25) is 0 Å². The molecule has 160 valence electrons. The van der Waals surface area contributed by atoms with Crippen molar-refractivity contribution in [2.45, 2.75) is 63.6 Å². The van der Waals surface area contributed by atoms with Gasteiger partial charge in [0, 0.05) is 0 Å². The number of aliphatic carboxylic acids is 1. The zero-order valence-electron chi connectivity index (χ0n) is 15.7. The van der Waals surface area contributed by atoms with Crippen molar-refractivity contribution in [2.24, 2.45) is 11.5 Å². The summed E-state index contributed by atoms with van der Waals surface area (Å²) in [7, 11) is 0. The molecule has 4 amide bonds. The molecule has 0 bridgehead atoms. The number of carboxylic acids is 1. The number of rotatable bonds is 11. The van der Waals surface area contributed by atoms with Gasteiger partial charge in [-0.3, -0.25) is 19.2 Å². The molecule has 0 fully saturated rings. The Labute approximate surface area is 160 Å². The Morgan fingerprint density at radius 1 is 0.821 bits per heavy atom. The van der Waals surface area contributed by atoms with Crippen molar-refractivity contribution in [3.63, 3.8) is 0 Å². The molecule has 0 aliphatic rings. The van der Waals surface area contributed by atoms with E-state index in [1.807, 2.05) is 5.32 Å². The fourth-order valence-electron chi connectivity index (χ4n) is 2.01. The van der Waals surface area contributed by atoms with Gasteiger partial charge in [-0.05, 0) is 20.8 Å². The molecule has 6 atom stereocenters. The summed E-state index contributed by atoms with van der Waals surface area (Å²) in [6, 6.07) is -5.69. The molecular weight excluding hydrogens is 378 g/mol. The monoisotopic (exact) mass is 405 g/mol. The number of primary amides is 1. The molecule has 28 heavy (non-hydrogen) atoms. The Hall–Kier alpha value is -2.77. The van der Waals surface area contributed by atoms with Gasteiger partial charge in [0.15, 0.2) is 6.04 Å². The molecule has 13 nitrogen and oxygen atoms in total. The second-order valence-corrected chi connectivity index (χ2v) is 6.30. The minimum atomic E-state index is -1.66. The molecule has 0 aliphatic carbocycles. The normalized spacial score (nSPS) is 17.2. The lowest BCUT2D eigenvalue weighted by Gasteiger charge is -2.26. The lowest BCUT2D eigenvalue weighted by Crippen LogP contribution is -2.60.